The smallest absolute Gasteiger partial charge is 0.242 e. The summed E-state index contributed by atoms with van der Waals surface area (Å²) in [6.07, 6.45) is 0. The third-order valence-corrected chi connectivity index (χ3v) is 3.08. The van der Waals surface area contributed by atoms with Crippen LogP contribution in [-0.4, -0.2) is 38.0 Å². The van der Waals surface area contributed by atoms with Gasteiger partial charge in [0, 0.05) is 7.05 Å². The van der Waals surface area contributed by atoms with Crippen LogP contribution in [0.3, 0.4) is 0 Å². The van der Waals surface area contributed by atoms with Gasteiger partial charge in [0.2, 0.25) is 11.8 Å². The van der Waals surface area contributed by atoms with Crippen LogP contribution in [0, 0.1) is 10.8 Å². The molecule has 0 aliphatic carbocycles. The molecule has 0 fully saturated rings. The second kappa shape index (κ2) is 6.37. The standard InChI is InChI=1S/C14H29N3O2/c1-13(2,3)9(15-7)12(19)17-10(11(18)16-8)14(4,5)6/h9-10,15H,1-8H3,(H,16,18)(H,17,19)/t9?,10-/m1/s1. The monoisotopic (exact) mass is 271 g/mol. The first-order valence-corrected chi connectivity index (χ1v) is 6.64. The molecular formula is C14H29N3O2. The number of carbonyl (C=O) groups excluding carboxylic acids is 2. The molecule has 0 aromatic rings. The van der Waals surface area contributed by atoms with E-state index in [1.807, 2.05) is 41.5 Å². The predicted molar refractivity (Wildman–Crippen MR) is 77.8 cm³/mol. The van der Waals surface area contributed by atoms with Crippen molar-refractivity contribution in [3.63, 3.8) is 0 Å². The molecule has 0 spiro atoms. The number of hydrogen-bond acceptors (Lipinski definition) is 3. The van der Waals surface area contributed by atoms with Crippen molar-refractivity contribution >= 4 is 11.8 Å². The van der Waals surface area contributed by atoms with Crippen LogP contribution in [0.1, 0.15) is 41.5 Å². The van der Waals surface area contributed by atoms with E-state index in [4.69, 9.17) is 0 Å². The van der Waals surface area contributed by atoms with Crippen LogP contribution in [0.25, 0.3) is 0 Å². The van der Waals surface area contributed by atoms with Crippen molar-refractivity contribution < 1.29 is 9.59 Å². The Bertz CT molecular complexity index is 327. The van der Waals surface area contributed by atoms with Crippen LogP contribution in [0.2, 0.25) is 0 Å². The molecule has 2 atom stereocenters. The number of likely N-dealkylation sites (N-methyl/N-ethyl adjacent to an activating group) is 2. The van der Waals surface area contributed by atoms with Gasteiger partial charge in [0.15, 0.2) is 0 Å². The van der Waals surface area contributed by atoms with Crippen molar-refractivity contribution in [3.05, 3.63) is 0 Å². The van der Waals surface area contributed by atoms with E-state index < -0.39 is 6.04 Å². The van der Waals surface area contributed by atoms with E-state index in [1.165, 1.54) is 0 Å². The number of amides is 2. The summed E-state index contributed by atoms with van der Waals surface area (Å²) in [5.41, 5.74) is -0.560. The fourth-order valence-corrected chi connectivity index (χ4v) is 2.00. The van der Waals surface area contributed by atoms with Gasteiger partial charge in [0.1, 0.15) is 6.04 Å². The Balaban J connectivity index is 5.06. The molecule has 5 heteroatoms. The first kappa shape index (κ1) is 17.9. The predicted octanol–water partition coefficient (Wildman–Crippen LogP) is 0.897. The summed E-state index contributed by atoms with van der Waals surface area (Å²) in [5, 5.41) is 8.46. The largest absolute Gasteiger partial charge is 0.357 e. The molecule has 0 saturated carbocycles. The molecule has 1 unspecified atom stereocenters. The Kier molecular flexibility index (Phi) is 6.00. The summed E-state index contributed by atoms with van der Waals surface area (Å²) in [6.45, 7) is 11.7. The summed E-state index contributed by atoms with van der Waals surface area (Å²) in [4.78, 5) is 24.3. The minimum Gasteiger partial charge on any atom is -0.357 e. The lowest BCUT2D eigenvalue weighted by Gasteiger charge is -2.34. The summed E-state index contributed by atoms with van der Waals surface area (Å²) in [5.74, 6) is -0.330. The maximum Gasteiger partial charge on any atom is 0.242 e. The maximum absolute atomic E-state index is 12.3. The van der Waals surface area contributed by atoms with Crippen LogP contribution >= 0.6 is 0 Å². The van der Waals surface area contributed by atoms with Crippen molar-refractivity contribution in [2.45, 2.75) is 53.6 Å². The molecule has 112 valence electrons. The maximum atomic E-state index is 12.3. The number of nitrogens with one attached hydrogen (secondary N) is 3. The van der Waals surface area contributed by atoms with E-state index in [-0.39, 0.29) is 28.7 Å². The Labute approximate surface area is 116 Å². The molecule has 0 heterocycles. The number of hydrogen-bond donors (Lipinski definition) is 3. The number of rotatable bonds is 4. The quantitative estimate of drug-likeness (QED) is 0.711. The molecule has 0 saturated heterocycles. The molecule has 0 aliphatic rings. The topological polar surface area (TPSA) is 70.2 Å². The van der Waals surface area contributed by atoms with Gasteiger partial charge >= 0.3 is 0 Å². The average Bonchev–Trinajstić information content (AvgIpc) is 2.22. The SMILES string of the molecule is CNC(=O)[C@@H](NC(=O)C(NC)C(C)(C)C)C(C)(C)C. The Morgan fingerprint density at radius 2 is 1.21 bits per heavy atom. The van der Waals surface area contributed by atoms with E-state index in [0.717, 1.165) is 0 Å². The van der Waals surface area contributed by atoms with Crippen molar-refractivity contribution in [3.8, 4) is 0 Å². The second-order valence-corrected chi connectivity index (χ2v) is 7.01. The van der Waals surface area contributed by atoms with Gasteiger partial charge < -0.3 is 16.0 Å². The van der Waals surface area contributed by atoms with Gasteiger partial charge in [-0.3, -0.25) is 9.59 Å². The van der Waals surface area contributed by atoms with Crippen LogP contribution in [0.5, 0.6) is 0 Å². The number of carbonyl (C=O) groups is 2. The molecule has 19 heavy (non-hydrogen) atoms. The minimum atomic E-state index is -0.553. The molecule has 5 nitrogen and oxygen atoms in total. The van der Waals surface area contributed by atoms with Crippen molar-refractivity contribution in [2.75, 3.05) is 14.1 Å². The fraction of sp³-hybridized carbons (Fsp3) is 0.857. The van der Waals surface area contributed by atoms with Crippen LogP contribution in [0.15, 0.2) is 0 Å². The summed E-state index contributed by atoms with van der Waals surface area (Å²) < 4.78 is 0. The fourth-order valence-electron chi connectivity index (χ4n) is 2.00. The molecule has 2 amide bonds. The van der Waals surface area contributed by atoms with Crippen molar-refractivity contribution in [1.82, 2.24) is 16.0 Å². The molecule has 0 rings (SSSR count). The van der Waals surface area contributed by atoms with E-state index >= 15 is 0 Å². The minimum absolute atomic E-state index is 0.154. The molecule has 3 N–H and O–H groups in total. The summed E-state index contributed by atoms with van der Waals surface area (Å²) >= 11 is 0. The molecule has 0 aromatic carbocycles. The van der Waals surface area contributed by atoms with E-state index in [0.29, 0.717) is 0 Å². The first-order valence-electron chi connectivity index (χ1n) is 6.64. The van der Waals surface area contributed by atoms with Crippen LogP contribution in [0.4, 0.5) is 0 Å². The van der Waals surface area contributed by atoms with Gasteiger partial charge in [-0.25, -0.2) is 0 Å². The molecule has 0 bridgehead atoms. The lowest BCUT2D eigenvalue weighted by atomic mass is 9.83. The van der Waals surface area contributed by atoms with Crippen LogP contribution < -0.4 is 16.0 Å². The summed E-state index contributed by atoms with van der Waals surface area (Å²) in [7, 11) is 3.33. The lowest BCUT2D eigenvalue weighted by Crippen LogP contribution is -2.59. The van der Waals surface area contributed by atoms with Gasteiger partial charge in [-0.2, -0.15) is 0 Å². The van der Waals surface area contributed by atoms with Gasteiger partial charge in [-0.15, -0.1) is 0 Å². The van der Waals surface area contributed by atoms with E-state index in [1.54, 1.807) is 14.1 Å². The zero-order chi connectivity index (χ0) is 15.4. The van der Waals surface area contributed by atoms with Gasteiger partial charge in [0.05, 0.1) is 6.04 Å². The van der Waals surface area contributed by atoms with Crippen LogP contribution in [-0.2, 0) is 9.59 Å². The molecule has 0 aliphatic heterocycles. The second-order valence-electron chi connectivity index (χ2n) is 7.01. The normalized spacial score (nSPS) is 15.6. The third kappa shape index (κ3) is 5.19. The Morgan fingerprint density at radius 1 is 0.789 bits per heavy atom. The highest BCUT2D eigenvalue weighted by Gasteiger charge is 2.36. The van der Waals surface area contributed by atoms with Gasteiger partial charge in [0.25, 0.3) is 0 Å². The van der Waals surface area contributed by atoms with E-state index in [2.05, 4.69) is 16.0 Å². The molecule has 0 radical (unpaired) electrons. The van der Waals surface area contributed by atoms with E-state index in [9.17, 15) is 9.59 Å². The molecule has 0 aromatic heterocycles. The highest BCUT2D eigenvalue weighted by Crippen LogP contribution is 2.22. The first-order chi connectivity index (χ1) is 8.45. The average molecular weight is 271 g/mol. The lowest BCUT2D eigenvalue weighted by molar-refractivity contribution is -0.133. The zero-order valence-electron chi connectivity index (χ0n) is 13.5. The highest BCUT2D eigenvalue weighted by molar-refractivity contribution is 5.90. The zero-order valence-corrected chi connectivity index (χ0v) is 13.5. The molecular weight excluding hydrogens is 242 g/mol. The highest BCUT2D eigenvalue weighted by atomic mass is 16.2. The Morgan fingerprint density at radius 3 is 1.47 bits per heavy atom. The van der Waals surface area contributed by atoms with Crippen molar-refractivity contribution in [1.29, 1.82) is 0 Å². The van der Waals surface area contributed by atoms with Crippen molar-refractivity contribution in [2.24, 2.45) is 10.8 Å². The summed E-state index contributed by atoms with van der Waals surface area (Å²) in [6, 6.07) is -0.898. The third-order valence-electron chi connectivity index (χ3n) is 3.08. The van der Waals surface area contributed by atoms with Gasteiger partial charge in [-0.1, -0.05) is 41.5 Å². The Hall–Kier alpha value is -1.10. The van der Waals surface area contributed by atoms with Gasteiger partial charge in [-0.05, 0) is 17.9 Å².